The number of hydrogen-bond acceptors (Lipinski definition) is 5. The Labute approximate surface area is 204 Å². The van der Waals surface area contributed by atoms with Gasteiger partial charge in [0.05, 0.1) is 25.7 Å². The van der Waals surface area contributed by atoms with Crippen LogP contribution in [0.15, 0.2) is 29.3 Å². The number of nitrogens with one attached hydrogen (secondary N) is 1. The van der Waals surface area contributed by atoms with Crippen molar-refractivity contribution in [3.05, 3.63) is 29.8 Å². The molecule has 1 heterocycles. The molecule has 2 rings (SSSR count). The number of hydrogen-bond donors (Lipinski definition) is 1. The van der Waals surface area contributed by atoms with Crippen LogP contribution in [0.5, 0.6) is 5.75 Å². The Bertz CT molecular complexity index is 689. The summed E-state index contributed by atoms with van der Waals surface area (Å²) < 4.78 is 10.6. The van der Waals surface area contributed by atoms with Crippen LogP contribution in [0.2, 0.25) is 0 Å². The lowest BCUT2D eigenvalue weighted by Gasteiger charge is -2.35. The first kappa shape index (κ1) is 27.5. The van der Waals surface area contributed by atoms with Crippen LogP contribution in [-0.4, -0.2) is 75.2 Å². The number of likely N-dealkylation sites (N-methyl/N-ethyl adjacent to an activating group) is 1. The third kappa shape index (κ3) is 7.82. The summed E-state index contributed by atoms with van der Waals surface area (Å²) in [5.41, 5.74) is 1.22. The second-order valence-electron chi connectivity index (χ2n) is 7.46. The molecule has 0 radical (unpaired) electrons. The zero-order chi connectivity index (χ0) is 21.9. The summed E-state index contributed by atoms with van der Waals surface area (Å²) in [7, 11) is 3.52. The van der Waals surface area contributed by atoms with Crippen molar-refractivity contribution in [2.45, 2.75) is 39.7 Å². The number of halogens is 1. The van der Waals surface area contributed by atoms with Crippen molar-refractivity contribution in [3.63, 3.8) is 0 Å². The summed E-state index contributed by atoms with van der Waals surface area (Å²) in [4.78, 5) is 21.2. The molecule has 0 saturated carbocycles. The number of likely N-dealkylation sites (tertiary alicyclic amines) is 1. The lowest BCUT2D eigenvalue weighted by molar-refractivity contribution is -0.149. The number of benzene rings is 1. The largest absolute Gasteiger partial charge is 0.497 e. The molecular formula is C23H39IN4O3. The van der Waals surface area contributed by atoms with E-state index < -0.39 is 0 Å². The number of guanidine groups is 1. The minimum atomic E-state index is -0.0697. The lowest BCUT2D eigenvalue weighted by Crippen LogP contribution is -2.48. The Morgan fingerprint density at radius 1 is 1.26 bits per heavy atom. The molecule has 8 heteroatoms. The van der Waals surface area contributed by atoms with Gasteiger partial charge in [-0.1, -0.05) is 26.0 Å². The molecule has 1 aliphatic rings. The highest BCUT2D eigenvalue weighted by molar-refractivity contribution is 14.0. The van der Waals surface area contributed by atoms with Crippen LogP contribution in [0, 0.1) is 5.92 Å². The van der Waals surface area contributed by atoms with Crippen LogP contribution >= 0.6 is 24.0 Å². The molecule has 1 atom stereocenters. The molecule has 0 spiro atoms. The normalized spacial score (nSPS) is 15.9. The summed E-state index contributed by atoms with van der Waals surface area (Å²) in [6, 6.07) is 8.49. The van der Waals surface area contributed by atoms with Gasteiger partial charge < -0.3 is 19.7 Å². The summed E-state index contributed by atoms with van der Waals surface area (Å²) in [6.07, 6.45) is 1.60. The van der Waals surface area contributed by atoms with E-state index in [1.54, 1.807) is 7.11 Å². The summed E-state index contributed by atoms with van der Waals surface area (Å²) in [5, 5.41) is 3.57. The highest BCUT2D eigenvalue weighted by Gasteiger charge is 2.28. The smallest absolute Gasteiger partial charge is 0.309 e. The Balaban J connectivity index is 0.00000480. The predicted octanol–water partition coefficient (Wildman–Crippen LogP) is 3.55. The first-order valence-corrected chi connectivity index (χ1v) is 11.1. The van der Waals surface area contributed by atoms with Crippen LogP contribution in [0.3, 0.4) is 0 Å². The topological polar surface area (TPSA) is 66.4 Å². The van der Waals surface area contributed by atoms with Gasteiger partial charge in [-0.05, 0) is 50.6 Å². The molecule has 0 aromatic heterocycles. The lowest BCUT2D eigenvalue weighted by atomic mass is 9.97. The first-order chi connectivity index (χ1) is 14.6. The Morgan fingerprint density at radius 3 is 2.48 bits per heavy atom. The number of piperidine rings is 1. The summed E-state index contributed by atoms with van der Waals surface area (Å²) >= 11 is 0. The average Bonchev–Trinajstić information content (AvgIpc) is 2.79. The van der Waals surface area contributed by atoms with E-state index in [1.165, 1.54) is 5.56 Å². The highest BCUT2D eigenvalue weighted by Crippen LogP contribution is 2.24. The fraction of sp³-hybridized carbons (Fsp3) is 0.652. The monoisotopic (exact) mass is 546 g/mol. The molecule has 7 nitrogen and oxygen atoms in total. The minimum Gasteiger partial charge on any atom is -0.497 e. The molecule has 176 valence electrons. The van der Waals surface area contributed by atoms with Gasteiger partial charge in [0.25, 0.3) is 0 Å². The van der Waals surface area contributed by atoms with Crippen LogP contribution in [0.25, 0.3) is 0 Å². The van der Waals surface area contributed by atoms with E-state index in [9.17, 15) is 4.79 Å². The van der Waals surface area contributed by atoms with Crippen LogP contribution in [0.1, 0.15) is 45.2 Å². The Hall–Kier alpha value is -1.55. The van der Waals surface area contributed by atoms with Crippen molar-refractivity contribution in [3.8, 4) is 5.75 Å². The van der Waals surface area contributed by atoms with Gasteiger partial charge in [-0.25, -0.2) is 0 Å². The second-order valence-corrected chi connectivity index (χ2v) is 7.46. The van der Waals surface area contributed by atoms with Gasteiger partial charge in [0.1, 0.15) is 5.75 Å². The molecule has 0 amide bonds. The maximum Gasteiger partial charge on any atom is 0.309 e. The molecule has 1 aliphatic heterocycles. The van der Waals surface area contributed by atoms with E-state index in [2.05, 4.69) is 46.1 Å². The van der Waals surface area contributed by atoms with E-state index in [1.807, 2.05) is 26.1 Å². The van der Waals surface area contributed by atoms with E-state index in [-0.39, 0.29) is 41.9 Å². The molecule has 1 unspecified atom stereocenters. The van der Waals surface area contributed by atoms with Crippen molar-refractivity contribution in [1.82, 2.24) is 15.1 Å². The van der Waals surface area contributed by atoms with E-state index in [4.69, 9.17) is 9.47 Å². The molecular weight excluding hydrogens is 507 g/mol. The number of methoxy groups -OCH3 is 1. The zero-order valence-corrected chi connectivity index (χ0v) is 21.9. The van der Waals surface area contributed by atoms with Crippen molar-refractivity contribution in [1.29, 1.82) is 0 Å². The Morgan fingerprint density at radius 2 is 1.94 bits per heavy atom. The number of rotatable bonds is 9. The molecule has 31 heavy (non-hydrogen) atoms. The zero-order valence-electron chi connectivity index (χ0n) is 19.6. The first-order valence-electron chi connectivity index (χ1n) is 11.1. The predicted molar refractivity (Wildman–Crippen MR) is 136 cm³/mol. The van der Waals surface area contributed by atoms with Gasteiger partial charge in [-0.3, -0.25) is 14.7 Å². The van der Waals surface area contributed by atoms with E-state index in [0.29, 0.717) is 6.61 Å². The van der Waals surface area contributed by atoms with Gasteiger partial charge in [0.15, 0.2) is 5.96 Å². The third-order valence-corrected chi connectivity index (χ3v) is 5.81. The van der Waals surface area contributed by atoms with Gasteiger partial charge in [-0.2, -0.15) is 0 Å². The average molecular weight is 546 g/mol. The highest BCUT2D eigenvalue weighted by atomic mass is 127. The van der Waals surface area contributed by atoms with Gasteiger partial charge in [0, 0.05) is 26.7 Å². The fourth-order valence-electron chi connectivity index (χ4n) is 4.08. The number of carbonyl (C=O) groups is 1. The standard InChI is InChI=1S/C23H38N4O3.HI/c1-6-26(7-2)21(19-10-9-11-20(16-19)29-5)17-25-23(24-4)27-14-12-18(13-15-27)22(28)30-8-3;/h9-11,16,18,21H,6-8,12-15,17H2,1-5H3,(H,24,25);1H. The van der Waals surface area contributed by atoms with Crippen molar-refractivity contribution in [2.75, 3.05) is 53.5 Å². The molecule has 1 N–H and O–H groups in total. The second kappa shape index (κ2) is 14.5. The third-order valence-electron chi connectivity index (χ3n) is 5.81. The van der Waals surface area contributed by atoms with Crippen molar-refractivity contribution < 1.29 is 14.3 Å². The quantitative estimate of drug-likeness (QED) is 0.221. The van der Waals surface area contributed by atoms with Crippen LogP contribution in [-0.2, 0) is 9.53 Å². The minimum absolute atomic E-state index is 0. The number of ether oxygens (including phenoxy) is 2. The summed E-state index contributed by atoms with van der Waals surface area (Å²) in [6.45, 7) is 11.0. The van der Waals surface area contributed by atoms with Gasteiger partial charge in [-0.15, -0.1) is 24.0 Å². The maximum absolute atomic E-state index is 12.0. The van der Waals surface area contributed by atoms with Crippen LogP contribution < -0.4 is 10.1 Å². The number of nitrogens with zero attached hydrogens (tertiary/aromatic N) is 3. The van der Waals surface area contributed by atoms with E-state index in [0.717, 1.165) is 57.3 Å². The number of aliphatic imine (C=N–C) groups is 1. The molecule has 0 bridgehead atoms. The summed E-state index contributed by atoms with van der Waals surface area (Å²) in [5.74, 6) is 1.69. The molecule has 1 fully saturated rings. The van der Waals surface area contributed by atoms with Crippen LogP contribution in [0.4, 0.5) is 0 Å². The molecule has 1 aromatic carbocycles. The fourth-order valence-corrected chi connectivity index (χ4v) is 4.08. The molecule has 1 saturated heterocycles. The number of esters is 1. The van der Waals surface area contributed by atoms with Gasteiger partial charge in [0.2, 0.25) is 0 Å². The molecule has 1 aromatic rings. The SMILES string of the molecule is CCOC(=O)C1CCN(C(=NC)NCC(c2cccc(OC)c2)N(CC)CC)CC1.I. The Kier molecular flexibility index (Phi) is 12.9. The van der Waals surface area contributed by atoms with Gasteiger partial charge >= 0.3 is 5.97 Å². The van der Waals surface area contributed by atoms with E-state index >= 15 is 0 Å². The van der Waals surface area contributed by atoms with Crippen molar-refractivity contribution in [2.24, 2.45) is 10.9 Å². The number of carbonyl (C=O) groups excluding carboxylic acids is 1. The molecule has 0 aliphatic carbocycles. The maximum atomic E-state index is 12.0. The van der Waals surface area contributed by atoms with Crippen molar-refractivity contribution >= 4 is 35.9 Å².